The van der Waals surface area contributed by atoms with Crippen LogP contribution in [0.1, 0.15) is 31.4 Å². The van der Waals surface area contributed by atoms with Gasteiger partial charge in [-0.25, -0.2) is 9.97 Å². The van der Waals surface area contributed by atoms with E-state index in [1.165, 1.54) is 24.6 Å². The molecular weight excluding hydrogens is 375 g/mol. The van der Waals surface area contributed by atoms with Gasteiger partial charge >= 0.3 is 0 Å². The summed E-state index contributed by atoms with van der Waals surface area (Å²) in [4.78, 5) is 10.2. The van der Waals surface area contributed by atoms with Crippen molar-refractivity contribution in [1.82, 2.24) is 15.3 Å². The Morgan fingerprint density at radius 3 is 2.68 bits per heavy atom. The lowest BCUT2D eigenvalue weighted by Gasteiger charge is -2.30. The first kappa shape index (κ1) is 17.4. The molecule has 1 aromatic heterocycles. The highest BCUT2D eigenvalue weighted by Gasteiger charge is 2.33. The molecule has 2 N–H and O–H groups in total. The Morgan fingerprint density at radius 2 is 1.96 bits per heavy atom. The van der Waals surface area contributed by atoms with E-state index in [1.807, 2.05) is 25.3 Å². The normalized spacial score (nSPS) is 25.2. The highest BCUT2D eigenvalue weighted by atomic mass is 35.5. The van der Waals surface area contributed by atoms with Gasteiger partial charge in [0.25, 0.3) is 0 Å². The predicted octanol–water partition coefficient (Wildman–Crippen LogP) is 4.94. The lowest BCUT2D eigenvalue weighted by molar-refractivity contribution is 0.377. The highest BCUT2D eigenvalue weighted by molar-refractivity contribution is 7.99. The average Bonchev–Trinajstić information content (AvgIpc) is 2.93. The minimum atomic E-state index is 0.480. The van der Waals surface area contributed by atoms with Crippen molar-refractivity contribution in [3.05, 3.63) is 40.1 Å². The molecule has 25 heavy (non-hydrogen) atoms. The number of fused-ring (bicyclic) bond motifs is 2. The largest absolute Gasteiger partial charge is 0.366 e. The van der Waals surface area contributed by atoms with Gasteiger partial charge in [0.2, 0.25) is 0 Å². The van der Waals surface area contributed by atoms with E-state index in [-0.39, 0.29) is 0 Å². The molecule has 2 atom stereocenters. The fourth-order valence-corrected chi connectivity index (χ4v) is 5.02. The molecular formula is C18H20Cl2N4S. The first-order chi connectivity index (χ1) is 12.1. The fourth-order valence-electron chi connectivity index (χ4n) is 3.69. The molecule has 0 aliphatic carbocycles. The monoisotopic (exact) mass is 394 g/mol. The van der Waals surface area contributed by atoms with Crippen molar-refractivity contribution < 1.29 is 0 Å². The number of rotatable bonds is 4. The van der Waals surface area contributed by atoms with Gasteiger partial charge in [0.15, 0.2) is 0 Å². The molecule has 3 heterocycles. The van der Waals surface area contributed by atoms with Gasteiger partial charge in [-0.3, -0.25) is 0 Å². The summed E-state index contributed by atoms with van der Waals surface area (Å²) in [6.07, 6.45) is 6.72. The Hall–Kier alpha value is -1.01. The zero-order valence-electron chi connectivity index (χ0n) is 13.9. The maximum atomic E-state index is 6.27. The average molecular weight is 395 g/mol. The van der Waals surface area contributed by atoms with Crippen LogP contribution in [-0.4, -0.2) is 28.1 Å². The van der Waals surface area contributed by atoms with E-state index in [0.717, 1.165) is 34.3 Å². The molecule has 2 bridgehead atoms. The van der Waals surface area contributed by atoms with Gasteiger partial charge in [0, 0.05) is 23.0 Å². The van der Waals surface area contributed by atoms with E-state index in [1.54, 1.807) is 6.07 Å². The van der Waals surface area contributed by atoms with Crippen LogP contribution in [0.3, 0.4) is 0 Å². The van der Waals surface area contributed by atoms with Gasteiger partial charge in [0.05, 0.1) is 21.9 Å². The summed E-state index contributed by atoms with van der Waals surface area (Å²) in [6, 6.07) is 7.41. The molecule has 2 saturated heterocycles. The molecule has 7 heteroatoms. The van der Waals surface area contributed by atoms with Crippen LogP contribution in [0.4, 0.5) is 5.82 Å². The number of anilines is 1. The quantitative estimate of drug-likeness (QED) is 0.768. The molecule has 0 radical (unpaired) electrons. The molecule has 2 unspecified atom stereocenters. The minimum absolute atomic E-state index is 0.480. The minimum Gasteiger partial charge on any atom is -0.366 e. The standard InChI is InChI=1S/C18H20Cl2N4S/c1-10-18(25-15-4-2-3-14(19)17(15)20)21-9-16(22-10)24-13-7-11-5-6-12(8-13)23-11/h2-4,9,11-13,23H,5-8H2,1H3,(H,22,24). The van der Waals surface area contributed by atoms with Crippen LogP contribution < -0.4 is 10.6 Å². The van der Waals surface area contributed by atoms with E-state index < -0.39 is 0 Å². The third-order valence-electron chi connectivity index (χ3n) is 4.85. The lowest BCUT2D eigenvalue weighted by Crippen LogP contribution is -2.43. The molecule has 4 nitrogen and oxygen atoms in total. The molecule has 2 aromatic rings. The molecule has 0 spiro atoms. The number of hydrogen-bond donors (Lipinski definition) is 2. The molecule has 0 amide bonds. The van der Waals surface area contributed by atoms with E-state index in [4.69, 9.17) is 28.2 Å². The number of aromatic nitrogens is 2. The molecule has 2 fully saturated rings. The summed E-state index contributed by atoms with van der Waals surface area (Å²) in [5, 5.41) is 9.18. The first-order valence-electron chi connectivity index (χ1n) is 8.56. The maximum absolute atomic E-state index is 6.27. The number of piperidine rings is 1. The van der Waals surface area contributed by atoms with Crippen molar-refractivity contribution >= 4 is 40.8 Å². The van der Waals surface area contributed by atoms with Gasteiger partial charge in [-0.15, -0.1) is 0 Å². The Balaban J connectivity index is 1.46. The van der Waals surface area contributed by atoms with Gasteiger partial charge in [-0.1, -0.05) is 41.0 Å². The molecule has 4 rings (SSSR count). The number of nitrogens with one attached hydrogen (secondary N) is 2. The van der Waals surface area contributed by atoms with E-state index in [2.05, 4.69) is 15.6 Å². The summed E-state index contributed by atoms with van der Waals surface area (Å²) >= 11 is 13.8. The second-order valence-electron chi connectivity index (χ2n) is 6.75. The topological polar surface area (TPSA) is 49.8 Å². The Bertz CT molecular complexity index is 774. The van der Waals surface area contributed by atoms with E-state index in [0.29, 0.717) is 28.2 Å². The van der Waals surface area contributed by atoms with Crippen LogP contribution in [0.25, 0.3) is 0 Å². The third-order valence-corrected chi connectivity index (χ3v) is 6.93. The Morgan fingerprint density at radius 1 is 1.20 bits per heavy atom. The van der Waals surface area contributed by atoms with Crippen molar-refractivity contribution in [2.75, 3.05) is 5.32 Å². The maximum Gasteiger partial charge on any atom is 0.145 e. The van der Waals surface area contributed by atoms with Crippen molar-refractivity contribution in [2.45, 2.75) is 60.7 Å². The summed E-state index contributed by atoms with van der Waals surface area (Å²) in [5.41, 5.74) is 0.892. The fraction of sp³-hybridized carbons (Fsp3) is 0.444. The second-order valence-corrected chi connectivity index (χ2v) is 8.57. The number of aryl methyl sites for hydroxylation is 1. The summed E-state index contributed by atoms with van der Waals surface area (Å²) in [7, 11) is 0. The van der Waals surface area contributed by atoms with Gasteiger partial charge < -0.3 is 10.6 Å². The van der Waals surface area contributed by atoms with E-state index >= 15 is 0 Å². The Kier molecular flexibility index (Phi) is 5.09. The Labute approximate surface area is 162 Å². The van der Waals surface area contributed by atoms with Crippen LogP contribution in [0.15, 0.2) is 34.3 Å². The molecule has 132 valence electrons. The van der Waals surface area contributed by atoms with Crippen molar-refractivity contribution in [1.29, 1.82) is 0 Å². The third kappa shape index (κ3) is 3.90. The zero-order valence-corrected chi connectivity index (χ0v) is 16.3. The first-order valence-corrected chi connectivity index (χ1v) is 10.1. The molecule has 0 saturated carbocycles. The highest BCUT2D eigenvalue weighted by Crippen LogP contribution is 2.37. The smallest absolute Gasteiger partial charge is 0.145 e. The number of hydrogen-bond acceptors (Lipinski definition) is 5. The SMILES string of the molecule is Cc1nc(NC2CC3CCC(C2)N3)cnc1Sc1cccc(Cl)c1Cl. The molecule has 2 aliphatic heterocycles. The molecule has 2 aliphatic rings. The van der Waals surface area contributed by atoms with Crippen LogP contribution in [0, 0.1) is 6.92 Å². The van der Waals surface area contributed by atoms with E-state index in [9.17, 15) is 0 Å². The number of nitrogens with zero attached hydrogens (tertiary/aromatic N) is 2. The summed E-state index contributed by atoms with van der Waals surface area (Å²) in [5.74, 6) is 0.852. The van der Waals surface area contributed by atoms with Gasteiger partial charge in [0.1, 0.15) is 10.8 Å². The van der Waals surface area contributed by atoms with Gasteiger partial charge in [-0.05, 0) is 44.7 Å². The second kappa shape index (κ2) is 7.31. The van der Waals surface area contributed by atoms with Crippen molar-refractivity contribution in [3.63, 3.8) is 0 Å². The van der Waals surface area contributed by atoms with Crippen LogP contribution in [-0.2, 0) is 0 Å². The van der Waals surface area contributed by atoms with Gasteiger partial charge in [-0.2, -0.15) is 0 Å². The lowest BCUT2D eigenvalue weighted by atomic mass is 10.00. The number of halogens is 2. The van der Waals surface area contributed by atoms with Crippen molar-refractivity contribution in [2.24, 2.45) is 0 Å². The van der Waals surface area contributed by atoms with Crippen LogP contribution in [0.2, 0.25) is 10.0 Å². The summed E-state index contributed by atoms with van der Waals surface area (Å²) in [6.45, 7) is 1.98. The summed E-state index contributed by atoms with van der Waals surface area (Å²) < 4.78 is 0. The van der Waals surface area contributed by atoms with Crippen LogP contribution >= 0.6 is 35.0 Å². The molecule has 1 aromatic carbocycles. The van der Waals surface area contributed by atoms with Crippen LogP contribution in [0.5, 0.6) is 0 Å². The van der Waals surface area contributed by atoms with Crippen molar-refractivity contribution in [3.8, 4) is 0 Å². The number of benzene rings is 1. The predicted molar refractivity (Wildman–Crippen MR) is 104 cm³/mol. The zero-order chi connectivity index (χ0) is 17.4.